The van der Waals surface area contributed by atoms with Crippen molar-refractivity contribution in [2.75, 3.05) is 6.54 Å². The average Bonchev–Trinajstić information content (AvgIpc) is 2.52. The summed E-state index contributed by atoms with van der Waals surface area (Å²) in [7, 11) is 0. The molecule has 0 spiro atoms. The zero-order valence-electron chi connectivity index (χ0n) is 13.6. The maximum Gasteiger partial charge on any atom is 0.251 e. The molecule has 1 aliphatic carbocycles. The van der Waals surface area contributed by atoms with Crippen LogP contribution in [0.2, 0.25) is 5.02 Å². The normalized spacial score (nSPS) is 20.8. The Balaban J connectivity index is 1.62. The standard InChI is InChI=1S/C18H25ClN2O2/c1-13-4-2-5-16(12-13)21-17(22)6-3-11-20-18(23)14-7-9-15(19)10-8-14/h7-10,13,16H,2-6,11-12H2,1H3,(H,20,23)(H,21,22). The summed E-state index contributed by atoms with van der Waals surface area (Å²) < 4.78 is 0. The van der Waals surface area contributed by atoms with Crippen LogP contribution in [-0.2, 0) is 4.79 Å². The number of benzene rings is 1. The zero-order chi connectivity index (χ0) is 16.7. The van der Waals surface area contributed by atoms with Gasteiger partial charge in [0, 0.05) is 29.6 Å². The van der Waals surface area contributed by atoms with Crippen molar-refractivity contribution >= 4 is 23.4 Å². The van der Waals surface area contributed by atoms with E-state index in [0.29, 0.717) is 41.9 Å². The Bertz CT molecular complexity index is 530. The second-order valence-corrected chi connectivity index (χ2v) is 6.84. The van der Waals surface area contributed by atoms with E-state index in [0.717, 1.165) is 12.8 Å². The molecular weight excluding hydrogens is 312 g/mol. The van der Waals surface area contributed by atoms with Gasteiger partial charge in [0.05, 0.1) is 0 Å². The van der Waals surface area contributed by atoms with Gasteiger partial charge in [-0.25, -0.2) is 0 Å². The first-order valence-electron chi connectivity index (χ1n) is 8.37. The van der Waals surface area contributed by atoms with Crippen LogP contribution in [-0.4, -0.2) is 24.4 Å². The molecule has 5 heteroatoms. The van der Waals surface area contributed by atoms with E-state index in [1.807, 2.05) is 0 Å². The summed E-state index contributed by atoms with van der Waals surface area (Å²) in [5.41, 5.74) is 0.579. The Morgan fingerprint density at radius 3 is 2.65 bits per heavy atom. The Morgan fingerprint density at radius 2 is 1.96 bits per heavy atom. The smallest absolute Gasteiger partial charge is 0.251 e. The number of hydrogen-bond donors (Lipinski definition) is 2. The number of hydrogen-bond acceptors (Lipinski definition) is 2. The molecule has 1 aromatic rings. The molecule has 0 aromatic heterocycles. The van der Waals surface area contributed by atoms with Crippen molar-refractivity contribution in [3.8, 4) is 0 Å². The maximum absolute atomic E-state index is 11.9. The molecule has 1 saturated carbocycles. The minimum absolute atomic E-state index is 0.0878. The van der Waals surface area contributed by atoms with Gasteiger partial charge in [0.15, 0.2) is 0 Å². The first-order valence-corrected chi connectivity index (χ1v) is 8.75. The highest BCUT2D eigenvalue weighted by Crippen LogP contribution is 2.23. The largest absolute Gasteiger partial charge is 0.353 e. The van der Waals surface area contributed by atoms with Crippen molar-refractivity contribution in [2.24, 2.45) is 5.92 Å². The van der Waals surface area contributed by atoms with Crippen molar-refractivity contribution in [2.45, 2.75) is 51.5 Å². The average molecular weight is 337 g/mol. The molecule has 4 nitrogen and oxygen atoms in total. The predicted octanol–water partition coefficient (Wildman–Crippen LogP) is 3.54. The van der Waals surface area contributed by atoms with E-state index >= 15 is 0 Å². The molecule has 1 aliphatic rings. The number of amides is 2. The monoisotopic (exact) mass is 336 g/mol. The number of carbonyl (C=O) groups is 2. The van der Waals surface area contributed by atoms with E-state index in [2.05, 4.69) is 17.6 Å². The Hall–Kier alpha value is -1.55. The molecule has 0 radical (unpaired) electrons. The molecule has 0 bridgehead atoms. The van der Waals surface area contributed by atoms with Crippen LogP contribution in [0.25, 0.3) is 0 Å². The molecule has 1 fully saturated rings. The molecule has 2 rings (SSSR count). The van der Waals surface area contributed by atoms with Crippen LogP contribution in [0.5, 0.6) is 0 Å². The molecular formula is C18H25ClN2O2. The topological polar surface area (TPSA) is 58.2 Å². The predicted molar refractivity (Wildman–Crippen MR) is 92.6 cm³/mol. The lowest BCUT2D eigenvalue weighted by atomic mass is 9.87. The summed E-state index contributed by atoms with van der Waals surface area (Å²) >= 11 is 5.79. The third kappa shape index (κ3) is 6.22. The van der Waals surface area contributed by atoms with E-state index in [1.165, 1.54) is 12.8 Å². The van der Waals surface area contributed by atoms with Gasteiger partial charge in [0.1, 0.15) is 0 Å². The molecule has 0 heterocycles. The Kier molecular flexibility index (Phi) is 6.90. The van der Waals surface area contributed by atoms with Gasteiger partial charge in [0.25, 0.3) is 5.91 Å². The minimum Gasteiger partial charge on any atom is -0.353 e. The van der Waals surface area contributed by atoms with Crippen LogP contribution in [0.3, 0.4) is 0 Å². The highest BCUT2D eigenvalue weighted by molar-refractivity contribution is 6.30. The van der Waals surface area contributed by atoms with E-state index in [4.69, 9.17) is 11.6 Å². The summed E-state index contributed by atoms with van der Waals surface area (Å²) in [5, 5.41) is 6.54. The Labute approximate surface area is 143 Å². The number of nitrogens with one attached hydrogen (secondary N) is 2. The van der Waals surface area contributed by atoms with E-state index in [1.54, 1.807) is 24.3 Å². The molecule has 2 N–H and O–H groups in total. The van der Waals surface area contributed by atoms with Crippen molar-refractivity contribution in [3.05, 3.63) is 34.9 Å². The fourth-order valence-corrected chi connectivity index (χ4v) is 3.15. The van der Waals surface area contributed by atoms with Crippen molar-refractivity contribution in [3.63, 3.8) is 0 Å². The number of carbonyl (C=O) groups excluding carboxylic acids is 2. The highest BCUT2D eigenvalue weighted by Gasteiger charge is 2.20. The fraction of sp³-hybridized carbons (Fsp3) is 0.556. The molecule has 2 atom stereocenters. The third-order valence-corrected chi connectivity index (χ3v) is 4.53. The molecule has 0 saturated heterocycles. The maximum atomic E-state index is 11.9. The van der Waals surface area contributed by atoms with Crippen LogP contribution in [0, 0.1) is 5.92 Å². The molecule has 0 aliphatic heterocycles. The number of rotatable bonds is 6. The molecule has 1 aromatic carbocycles. The Morgan fingerprint density at radius 1 is 1.22 bits per heavy atom. The number of halogens is 1. The van der Waals surface area contributed by atoms with Gasteiger partial charge >= 0.3 is 0 Å². The first kappa shape index (κ1) is 17.8. The molecule has 2 amide bonds. The second-order valence-electron chi connectivity index (χ2n) is 6.40. The summed E-state index contributed by atoms with van der Waals surface area (Å²) in [6.45, 7) is 2.74. The van der Waals surface area contributed by atoms with Gasteiger partial charge in [-0.2, -0.15) is 0 Å². The van der Waals surface area contributed by atoms with Crippen LogP contribution in [0.4, 0.5) is 0 Å². The molecule has 2 unspecified atom stereocenters. The zero-order valence-corrected chi connectivity index (χ0v) is 14.4. The minimum atomic E-state index is -0.136. The van der Waals surface area contributed by atoms with Gasteiger partial charge in [-0.1, -0.05) is 31.4 Å². The van der Waals surface area contributed by atoms with Crippen LogP contribution in [0.1, 0.15) is 55.8 Å². The van der Waals surface area contributed by atoms with E-state index in [-0.39, 0.29) is 11.8 Å². The quantitative estimate of drug-likeness (QED) is 0.780. The van der Waals surface area contributed by atoms with Crippen LogP contribution < -0.4 is 10.6 Å². The van der Waals surface area contributed by atoms with E-state index in [9.17, 15) is 9.59 Å². The third-order valence-electron chi connectivity index (χ3n) is 4.27. The first-order chi connectivity index (χ1) is 11.0. The molecule has 23 heavy (non-hydrogen) atoms. The van der Waals surface area contributed by atoms with Crippen molar-refractivity contribution in [1.29, 1.82) is 0 Å². The summed E-state index contributed by atoms with van der Waals surface area (Å²) in [6.07, 6.45) is 5.73. The van der Waals surface area contributed by atoms with Gasteiger partial charge < -0.3 is 10.6 Å². The summed E-state index contributed by atoms with van der Waals surface area (Å²) in [6, 6.07) is 7.09. The van der Waals surface area contributed by atoms with Crippen LogP contribution >= 0.6 is 11.6 Å². The van der Waals surface area contributed by atoms with Gasteiger partial charge in [-0.05, 0) is 49.4 Å². The van der Waals surface area contributed by atoms with E-state index < -0.39 is 0 Å². The van der Waals surface area contributed by atoms with Gasteiger partial charge in [-0.15, -0.1) is 0 Å². The lowest BCUT2D eigenvalue weighted by Gasteiger charge is -2.27. The summed E-state index contributed by atoms with van der Waals surface area (Å²) in [5.74, 6) is 0.653. The van der Waals surface area contributed by atoms with Crippen molar-refractivity contribution in [1.82, 2.24) is 10.6 Å². The highest BCUT2D eigenvalue weighted by atomic mass is 35.5. The lowest BCUT2D eigenvalue weighted by molar-refractivity contribution is -0.122. The lowest BCUT2D eigenvalue weighted by Crippen LogP contribution is -2.38. The van der Waals surface area contributed by atoms with Crippen molar-refractivity contribution < 1.29 is 9.59 Å². The summed E-state index contributed by atoms with van der Waals surface area (Å²) in [4.78, 5) is 23.8. The molecule has 126 valence electrons. The SMILES string of the molecule is CC1CCCC(NC(=O)CCCNC(=O)c2ccc(Cl)cc2)C1. The fourth-order valence-electron chi connectivity index (χ4n) is 3.02. The van der Waals surface area contributed by atoms with Gasteiger partial charge in [-0.3, -0.25) is 9.59 Å². The van der Waals surface area contributed by atoms with Gasteiger partial charge in [0.2, 0.25) is 5.91 Å². The second kappa shape index (κ2) is 8.92. The van der Waals surface area contributed by atoms with Crippen LogP contribution in [0.15, 0.2) is 24.3 Å².